The third kappa shape index (κ3) is 3.47. The van der Waals surface area contributed by atoms with Crippen molar-refractivity contribution in [3.8, 4) is 11.4 Å². The van der Waals surface area contributed by atoms with Crippen LogP contribution in [0.4, 0.5) is 0 Å². The number of carbonyl (C=O) groups is 1. The first-order chi connectivity index (χ1) is 13.1. The third-order valence-corrected chi connectivity index (χ3v) is 5.17. The Kier molecular flexibility index (Phi) is 4.71. The van der Waals surface area contributed by atoms with E-state index in [0.717, 1.165) is 30.8 Å². The molecule has 1 saturated heterocycles. The summed E-state index contributed by atoms with van der Waals surface area (Å²) in [6, 6.07) is 9.82. The normalized spacial score (nSPS) is 17.1. The maximum absolute atomic E-state index is 13.1. The molecule has 1 aromatic carbocycles. The molecule has 0 aliphatic carbocycles. The first-order valence-corrected chi connectivity index (χ1v) is 9.29. The molecule has 3 aromatic rings. The summed E-state index contributed by atoms with van der Waals surface area (Å²) in [4.78, 5) is 28.5. The number of carbonyl (C=O) groups excluding carboxylic acids is 1. The number of aromatic nitrogens is 4. The monoisotopic (exact) mass is 361 g/mol. The fraction of sp³-hybridized carbons (Fsp3) is 0.333. The maximum atomic E-state index is 13.1. The van der Waals surface area contributed by atoms with Crippen LogP contribution < -0.4 is 0 Å². The Morgan fingerprint density at radius 2 is 2.00 bits per heavy atom. The van der Waals surface area contributed by atoms with Gasteiger partial charge in [0, 0.05) is 50.2 Å². The van der Waals surface area contributed by atoms with Crippen molar-refractivity contribution in [3.63, 3.8) is 0 Å². The number of likely N-dealkylation sites (tertiary alicyclic amines) is 1. The molecule has 2 aromatic heterocycles. The SMILES string of the molecule is Cc1nc(-c2ccccc2)ncc1C(=O)N1CCC[C@@H](c2nccn2C)C1. The van der Waals surface area contributed by atoms with Gasteiger partial charge in [-0.05, 0) is 19.8 Å². The van der Waals surface area contributed by atoms with E-state index in [9.17, 15) is 4.79 Å². The molecule has 1 amide bonds. The average Bonchev–Trinajstić information content (AvgIpc) is 3.14. The van der Waals surface area contributed by atoms with E-state index in [-0.39, 0.29) is 11.8 Å². The number of rotatable bonds is 3. The number of hydrogen-bond acceptors (Lipinski definition) is 4. The van der Waals surface area contributed by atoms with E-state index in [1.165, 1.54) is 0 Å². The second-order valence-corrected chi connectivity index (χ2v) is 7.05. The lowest BCUT2D eigenvalue weighted by Crippen LogP contribution is -2.40. The smallest absolute Gasteiger partial charge is 0.257 e. The van der Waals surface area contributed by atoms with E-state index < -0.39 is 0 Å². The number of nitrogens with zero attached hydrogens (tertiary/aromatic N) is 5. The zero-order valence-electron chi connectivity index (χ0n) is 15.7. The van der Waals surface area contributed by atoms with Gasteiger partial charge in [-0.2, -0.15) is 0 Å². The van der Waals surface area contributed by atoms with Gasteiger partial charge in [0.1, 0.15) is 5.82 Å². The van der Waals surface area contributed by atoms with E-state index in [1.807, 2.05) is 66.2 Å². The number of hydrogen-bond donors (Lipinski definition) is 0. The zero-order valence-corrected chi connectivity index (χ0v) is 15.7. The second kappa shape index (κ2) is 7.31. The van der Waals surface area contributed by atoms with Gasteiger partial charge >= 0.3 is 0 Å². The van der Waals surface area contributed by atoms with Crippen LogP contribution in [0, 0.1) is 6.92 Å². The van der Waals surface area contributed by atoms with Gasteiger partial charge in [-0.3, -0.25) is 4.79 Å². The maximum Gasteiger partial charge on any atom is 0.257 e. The first kappa shape index (κ1) is 17.4. The van der Waals surface area contributed by atoms with Crippen LogP contribution in [0.5, 0.6) is 0 Å². The van der Waals surface area contributed by atoms with E-state index in [4.69, 9.17) is 0 Å². The molecule has 0 N–H and O–H groups in total. The average molecular weight is 361 g/mol. The number of imidazole rings is 1. The predicted molar refractivity (Wildman–Crippen MR) is 103 cm³/mol. The minimum atomic E-state index is 0.00557. The summed E-state index contributed by atoms with van der Waals surface area (Å²) in [6.07, 6.45) is 7.46. The van der Waals surface area contributed by atoms with Crippen molar-refractivity contribution in [2.75, 3.05) is 13.1 Å². The van der Waals surface area contributed by atoms with Crippen LogP contribution in [-0.4, -0.2) is 43.4 Å². The van der Waals surface area contributed by atoms with Crippen LogP contribution in [0.1, 0.15) is 40.6 Å². The van der Waals surface area contributed by atoms with Gasteiger partial charge < -0.3 is 9.47 Å². The highest BCUT2D eigenvalue weighted by atomic mass is 16.2. The van der Waals surface area contributed by atoms with E-state index in [0.29, 0.717) is 23.6 Å². The minimum Gasteiger partial charge on any atom is -0.338 e. The summed E-state index contributed by atoms with van der Waals surface area (Å²) in [5.74, 6) is 1.97. The molecule has 138 valence electrons. The third-order valence-electron chi connectivity index (χ3n) is 5.17. The molecule has 0 spiro atoms. The summed E-state index contributed by atoms with van der Waals surface area (Å²) in [5, 5.41) is 0. The summed E-state index contributed by atoms with van der Waals surface area (Å²) in [5.41, 5.74) is 2.25. The van der Waals surface area contributed by atoms with Gasteiger partial charge in [0.2, 0.25) is 0 Å². The Labute approximate surface area is 158 Å². The van der Waals surface area contributed by atoms with Crippen molar-refractivity contribution >= 4 is 5.91 Å². The lowest BCUT2D eigenvalue weighted by molar-refractivity contribution is 0.0702. The van der Waals surface area contributed by atoms with Gasteiger partial charge in [0.25, 0.3) is 5.91 Å². The van der Waals surface area contributed by atoms with Gasteiger partial charge in [0.05, 0.1) is 11.3 Å². The standard InChI is InChI=1S/C21H23N5O/c1-15-18(13-23-19(24-15)16-7-4-3-5-8-16)21(27)26-11-6-9-17(14-26)20-22-10-12-25(20)2/h3-5,7-8,10,12-13,17H,6,9,11,14H2,1-2H3/t17-/m1/s1. The Morgan fingerprint density at radius 1 is 1.19 bits per heavy atom. The molecule has 3 heterocycles. The van der Waals surface area contributed by atoms with Crippen molar-refractivity contribution in [1.82, 2.24) is 24.4 Å². The van der Waals surface area contributed by atoms with Crippen molar-refractivity contribution < 1.29 is 4.79 Å². The fourth-order valence-corrected chi connectivity index (χ4v) is 3.72. The quantitative estimate of drug-likeness (QED) is 0.719. The molecule has 0 saturated carbocycles. The molecule has 27 heavy (non-hydrogen) atoms. The van der Waals surface area contributed by atoms with Crippen LogP contribution in [0.25, 0.3) is 11.4 Å². The lowest BCUT2D eigenvalue weighted by Gasteiger charge is -2.32. The summed E-state index contributed by atoms with van der Waals surface area (Å²) < 4.78 is 2.04. The van der Waals surface area contributed by atoms with E-state index in [2.05, 4.69) is 15.0 Å². The number of amides is 1. The van der Waals surface area contributed by atoms with E-state index >= 15 is 0 Å². The molecule has 0 radical (unpaired) electrons. The highest BCUT2D eigenvalue weighted by Crippen LogP contribution is 2.27. The van der Waals surface area contributed by atoms with Gasteiger partial charge in [-0.1, -0.05) is 30.3 Å². The molecule has 6 heteroatoms. The first-order valence-electron chi connectivity index (χ1n) is 9.29. The molecule has 1 aliphatic rings. The van der Waals surface area contributed by atoms with Crippen molar-refractivity contribution in [2.45, 2.75) is 25.7 Å². The Balaban J connectivity index is 1.55. The Bertz CT molecular complexity index is 950. The van der Waals surface area contributed by atoms with Crippen LogP contribution in [0.3, 0.4) is 0 Å². The van der Waals surface area contributed by atoms with E-state index in [1.54, 1.807) is 6.20 Å². The van der Waals surface area contributed by atoms with Crippen LogP contribution in [0.15, 0.2) is 48.9 Å². The lowest BCUT2D eigenvalue weighted by atomic mass is 9.96. The molecule has 1 atom stereocenters. The molecule has 1 aliphatic heterocycles. The molecular formula is C21H23N5O. The Morgan fingerprint density at radius 3 is 2.70 bits per heavy atom. The molecule has 0 unspecified atom stereocenters. The molecule has 6 nitrogen and oxygen atoms in total. The number of aryl methyl sites for hydroxylation is 2. The second-order valence-electron chi connectivity index (χ2n) is 7.05. The molecule has 1 fully saturated rings. The molecule has 4 rings (SSSR count). The van der Waals surface area contributed by atoms with Crippen LogP contribution >= 0.6 is 0 Å². The highest BCUT2D eigenvalue weighted by Gasteiger charge is 2.28. The Hall–Kier alpha value is -3.02. The minimum absolute atomic E-state index is 0.00557. The van der Waals surface area contributed by atoms with Crippen LogP contribution in [-0.2, 0) is 7.05 Å². The van der Waals surface area contributed by atoms with Crippen molar-refractivity contribution in [2.24, 2.45) is 7.05 Å². The van der Waals surface area contributed by atoms with Crippen molar-refractivity contribution in [1.29, 1.82) is 0 Å². The summed E-state index contributed by atoms with van der Waals surface area (Å²) in [7, 11) is 2.00. The van der Waals surface area contributed by atoms with Crippen molar-refractivity contribution in [3.05, 3.63) is 66.0 Å². The largest absolute Gasteiger partial charge is 0.338 e. The number of piperidine rings is 1. The predicted octanol–water partition coefficient (Wildman–Crippen LogP) is 3.21. The highest BCUT2D eigenvalue weighted by molar-refractivity contribution is 5.95. The topological polar surface area (TPSA) is 63.9 Å². The summed E-state index contributed by atoms with van der Waals surface area (Å²) in [6.45, 7) is 3.32. The van der Waals surface area contributed by atoms with Crippen LogP contribution in [0.2, 0.25) is 0 Å². The number of benzene rings is 1. The van der Waals surface area contributed by atoms with Gasteiger partial charge in [-0.15, -0.1) is 0 Å². The molecule has 0 bridgehead atoms. The van der Waals surface area contributed by atoms with Gasteiger partial charge in [0.15, 0.2) is 5.82 Å². The molecular weight excluding hydrogens is 338 g/mol. The van der Waals surface area contributed by atoms with Gasteiger partial charge in [-0.25, -0.2) is 15.0 Å². The summed E-state index contributed by atoms with van der Waals surface area (Å²) >= 11 is 0. The fourth-order valence-electron chi connectivity index (χ4n) is 3.72. The zero-order chi connectivity index (χ0) is 18.8.